The molecule has 0 radical (unpaired) electrons. The van der Waals surface area contributed by atoms with Crippen molar-refractivity contribution in [3.8, 4) is 0 Å². The molecule has 2 amide bonds. The van der Waals surface area contributed by atoms with E-state index in [-0.39, 0.29) is 36.8 Å². The van der Waals surface area contributed by atoms with E-state index in [1.165, 1.54) is 17.0 Å². The molecule has 1 fully saturated rings. The van der Waals surface area contributed by atoms with Crippen LogP contribution in [0.15, 0.2) is 30.3 Å². The smallest absolute Gasteiger partial charge is 0.256 e. The molecule has 4 N–H and O–H groups in total. The summed E-state index contributed by atoms with van der Waals surface area (Å²) < 4.78 is 43.4. The number of β-amino-alcohol motifs (C(OH)–C–C–N with tert-alkyl or cyclic N) is 1. The minimum atomic E-state index is -1.31. The van der Waals surface area contributed by atoms with Crippen LogP contribution in [0.5, 0.6) is 0 Å². The summed E-state index contributed by atoms with van der Waals surface area (Å²) in [4.78, 5) is 26.4. The van der Waals surface area contributed by atoms with Gasteiger partial charge in [0.25, 0.3) is 5.91 Å². The maximum atomic E-state index is 14.6. The molecule has 1 aliphatic heterocycles. The van der Waals surface area contributed by atoms with E-state index >= 15 is 0 Å². The highest BCUT2D eigenvalue weighted by Gasteiger charge is 2.45. The third-order valence-electron chi connectivity index (χ3n) is 5.54. The Morgan fingerprint density at radius 3 is 2.44 bits per heavy atom. The van der Waals surface area contributed by atoms with Gasteiger partial charge in [-0.05, 0) is 73.7 Å². The van der Waals surface area contributed by atoms with Crippen molar-refractivity contribution in [2.24, 2.45) is 0 Å². The summed E-state index contributed by atoms with van der Waals surface area (Å²) in [7, 11) is 0. The fraction of sp³-hybridized carbons (Fsp3) is 0.391. The highest BCUT2D eigenvalue weighted by atomic mass is 127. The van der Waals surface area contributed by atoms with Gasteiger partial charge in [-0.15, -0.1) is 0 Å². The van der Waals surface area contributed by atoms with Crippen LogP contribution < -0.4 is 16.0 Å². The van der Waals surface area contributed by atoms with E-state index in [0.29, 0.717) is 10.1 Å². The summed E-state index contributed by atoms with van der Waals surface area (Å²) in [6.45, 7) is 5.48. The molecular formula is C23H26F3IN4O3. The Labute approximate surface area is 209 Å². The van der Waals surface area contributed by atoms with Crippen LogP contribution in [0.4, 0.5) is 24.5 Å². The summed E-state index contributed by atoms with van der Waals surface area (Å²) in [5.74, 6) is -4.08. The van der Waals surface area contributed by atoms with Crippen LogP contribution in [0.25, 0.3) is 0 Å². The molecular weight excluding hydrogens is 564 g/mol. The van der Waals surface area contributed by atoms with Gasteiger partial charge in [0.1, 0.15) is 11.4 Å². The van der Waals surface area contributed by atoms with Gasteiger partial charge in [-0.25, -0.2) is 13.2 Å². The van der Waals surface area contributed by atoms with Gasteiger partial charge < -0.3 is 26.0 Å². The van der Waals surface area contributed by atoms with Crippen molar-refractivity contribution in [3.05, 3.63) is 56.9 Å². The summed E-state index contributed by atoms with van der Waals surface area (Å²) >= 11 is 1.91. The lowest BCUT2D eigenvalue weighted by Gasteiger charge is -2.47. The summed E-state index contributed by atoms with van der Waals surface area (Å²) in [5.41, 5.74) is -3.04. The van der Waals surface area contributed by atoms with E-state index in [9.17, 15) is 27.9 Å². The van der Waals surface area contributed by atoms with Crippen molar-refractivity contribution in [2.75, 3.05) is 31.5 Å². The first-order valence-corrected chi connectivity index (χ1v) is 11.7. The van der Waals surface area contributed by atoms with Crippen molar-refractivity contribution in [1.29, 1.82) is 0 Å². The quantitative estimate of drug-likeness (QED) is 0.355. The Morgan fingerprint density at radius 2 is 1.82 bits per heavy atom. The van der Waals surface area contributed by atoms with Crippen molar-refractivity contribution < 1.29 is 27.9 Å². The van der Waals surface area contributed by atoms with Gasteiger partial charge in [0.15, 0.2) is 11.6 Å². The molecule has 0 spiro atoms. The molecule has 0 saturated carbocycles. The molecule has 0 aliphatic carbocycles. The molecule has 184 valence electrons. The average molecular weight is 590 g/mol. The lowest BCUT2D eigenvalue weighted by Crippen LogP contribution is -2.69. The van der Waals surface area contributed by atoms with Gasteiger partial charge in [0.05, 0.1) is 35.6 Å². The molecule has 3 rings (SSSR count). The first kappa shape index (κ1) is 26.2. The average Bonchev–Trinajstić information content (AvgIpc) is 2.75. The van der Waals surface area contributed by atoms with Crippen LogP contribution in [0.1, 0.15) is 31.1 Å². The second-order valence-corrected chi connectivity index (χ2v) is 10.0. The highest BCUT2D eigenvalue weighted by Crippen LogP contribution is 2.31. The molecule has 1 heterocycles. The summed E-state index contributed by atoms with van der Waals surface area (Å²) in [5, 5.41) is 18.9. The van der Waals surface area contributed by atoms with Crippen LogP contribution in [0.2, 0.25) is 0 Å². The zero-order valence-corrected chi connectivity index (χ0v) is 21.1. The minimum Gasteiger partial charge on any atom is -0.385 e. The lowest BCUT2D eigenvalue weighted by molar-refractivity contribution is -0.127. The summed E-state index contributed by atoms with van der Waals surface area (Å²) in [6, 6.07) is 6.09. The number of aliphatic hydroxyl groups is 1. The molecule has 0 atom stereocenters. The Balaban J connectivity index is 1.73. The number of carbonyl (C=O) groups excluding carboxylic acids is 2. The fourth-order valence-electron chi connectivity index (χ4n) is 3.51. The molecule has 1 aliphatic rings. The van der Waals surface area contributed by atoms with Gasteiger partial charge in [-0.3, -0.25) is 9.59 Å². The van der Waals surface area contributed by atoms with E-state index in [1.54, 1.807) is 26.8 Å². The van der Waals surface area contributed by atoms with E-state index < -0.39 is 40.2 Å². The number of carbonyl (C=O) groups is 2. The van der Waals surface area contributed by atoms with E-state index in [2.05, 4.69) is 16.0 Å². The zero-order valence-electron chi connectivity index (χ0n) is 18.9. The minimum absolute atomic E-state index is 0.0393. The third kappa shape index (κ3) is 5.63. The molecule has 34 heavy (non-hydrogen) atoms. The number of nitrogens with zero attached hydrogens (tertiary/aromatic N) is 1. The Kier molecular flexibility index (Phi) is 7.78. The third-order valence-corrected chi connectivity index (χ3v) is 6.21. The molecule has 0 unspecified atom stereocenters. The topological polar surface area (TPSA) is 93.7 Å². The van der Waals surface area contributed by atoms with E-state index in [0.717, 1.165) is 12.1 Å². The van der Waals surface area contributed by atoms with E-state index in [4.69, 9.17) is 0 Å². The molecule has 0 bridgehead atoms. The number of hydrogen-bond acceptors (Lipinski definition) is 5. The summed E-state index contributed by atoms with van der Waals surface area (Å²) in [6.07, 6.45) is 0. The SMILES string of the molecule is CCNC(=O)C(C)(C)NCC1(O)CN(C(=O)c2ccc(F)c(F)c2Nc2ccc(I)cc2F)C1. The Hall–Kier alpha value is -2.38. The normalized spacial score (nSPS) is 15.0. The van der Waals surface area contributed by atoms with Crippen molar-refractivity contribution >= 4 is 45.8 Å². The van der Waals surface area contributed by atoms with Crippen LogP contribution in [0.3, 0.4) is 0 Å². The number of benzene rings is 2. The van der Waals surface area contributed by atoms with Gasteiger partial charge in [-0.1, -0.05) is 0 Å². The number of hydrogen-bond donors (Lipinski definition) is 4. The number of likely N-dealkylation sites (N-methyl/N-ethyl adjacent to an activating group) is 1. The fourth-order valence-corrected chi connectivity index (χ4v) is 3.97. The van der Waals surface area contributed by atoms with Gasteiger partial charge in [0.2, 0.25) is 5.91 Å². The Morgan fingerprint density at radius 1 is 1.15 bits per heavy atom. The predicted octanol–water partition coefficient (Wildman–Crippen LogP) is 3.14. The molecule has 2 aromatic rings. The number of amides is 2. The maximum Gasteiger partial charge on any atom is 0.256 e. The standard InChI is InChI=1S/C23H26F3IN4O3/c1-4-28-21(33)22(2,3)29-10-23(34)11-31(12-23)20(32)14-6-7-15(24)18(26)19(14)30-17-8-5-13(27)9-16(17)25/h5-9,29-30,34H,4,10-12H2,1-3H3,(H,28,33). The number of anilines is 2. The monoisotopic (exact) mass is 590 g/mol. The van der Waals surface area contributed by atoms with Crippen LogP contribution >= 0.6 is 22.6 Å². The number of halogens is 4. The number of likely N-dealkylation sites (tertiary alicyclic amines) is 1. The van der Waals surface area contributed by atoms with Gasteiger partial charge >= 0.3 is 0 Å². The largest absolute Gasteiger partial charge is 0.385 e. The van der Waals surface area contributed by atoms with Crippen molar-refractivity contribution in [3.63, 3.8) is 0 Å². The molecule has 11 heteroatoms. The number of rotatable bonds is 8. The molecule has 0 aromatic heterocycles. The zero-order chi connectivity index (χ0) is 25.3. The van der Waals surface area contributed by atoms with E-state index in [1.807, 2.05) is 22.6 Å². The van der Waals surface area contributed by atoms with Crippen LogP contribution in [-0.4, -0.2) is 59.1 Å². The van der Waals surface area contributed by atoms with Crippen molar-refractivity contribution in [1.82, 2.24) is 15.5 Å². The predicted molar refractivity (Wildman–Crippen MR) is 130 cm³/mol. The number of nitrogens with one attached hydrogen (secondary N) is 3. The molecule has 7 nitrogen and oxygen atoms in total. The lowest BCUT2D eigenvalue weighted by atomic mass is 9.91. The van der Waals surface area contributed by atoms with Gasteiger partial charge in [-0.2, -0.15) is 0 Å². The van der Waals surface area contributed by atoms with Crippen LogP contribution in [0, 0.1) is 21.0 Å². The second kappa shape index (κ2) is 10.1. The van der Waals surface area contributed by atoms with Crippen molar-refractivity contribution in [2.45, 2.75) is 31.9 Å². The highest BCUT2D eigenvalue weighted by molar-refractivity contribution is 14.1. The molecule has 2 aromatic carbocycles. The van der Waals surface area contributed by atoms with Crippen LogP contribution in [-0.2, 0) is 4.79 Å². The maximum absolute atomic E-state index is 14.6. The Bertz CT molecular complexity index is 1110. The van der Waals surface area contributed by atoms with Gasteiger partial charge in [0, 0.05) is 16.7 Å². The molecule has 1 saturated heterocycles. The first-order valence-electron chi connectivity index (χ1n) is 10.6. The first-order chi connectivity index (χ1) is 15.9. The second-order valence-electron chi connectivity index (χ2n) is 8.76.